The molecule has 1 aliphatic rings. The number of benzene rings is 1. The van der Waals surface area contributed by atoms with Crippen LogP contribution in [0.25, 0.3) is 0 Å². The zero-order chi connectivity index (χ0) is 16.7. The third-order valence-electron chi connectivity index (χ3n) is 3.63. The van der Waals surface area contributed by atoms with Crippen molar-refractivity contribution >= 4 is 5.69 Å². The van der Waals surface area contributed by atoms with Crippen LogP contribution in [0, 0.1) is 0 Å². The van der Waals surface area contributed by atoms with E-state index >= 15 is 0 Å². The predicted molar refractivity (Wildman–Crippen MR) is 80.5 cm³/mol. The van der Waals surface area contributed by atoms with E-state index in [1.54, 1.807) is 0 Å². The van der Waals surface area contributed by atoms with Gasteiger partial charge in [0.15, 0.2) is 0 Å². The van der Waals surface area contributed by atoms with Crippen LogP contribution < -0.4 is 10.1 Å². The van der Waals surface area contributed by atoms with E-state index in [1.807, 2.05) is 32.0 Å². The number of nitrogens with one attached hydrogen (secondary N) is 1. The van der Waals surface area contributed by atoms with Crippen LogP contribution in [0.5, 0.6) is 5.75 Å². The lowest BCUT2D eigenvalue weighted by atomic mass is 10.0. The molecule has 0 amide bonds. The molecule has 1 aliphatic heterocycles. The quantitative estimate of drug-likeness (QED) is 0.930. The van der Waals surface area contributed by atoms with Gasteiger partial charge in [0, 0.05) is 24.7 Å². The van der Waals surface area contributed by atoms with E-state index in [2.05, 4.69) is 10.4 Å². The van der Waals surface area contributed by atoms with Crippen molar-refractivity contribution < 1.29 is 17.9 Å². The molecule has 3 rings (SSSR count). The maximum atomic E-state index is 12.3. The summed E-state index contributed by atoms with van der Waals surface area (Å²) >= 11 is 0. The standard InChI is InChI=1S/C16H18F3N3O/c1-15(2)6-11-4-3-5-12(14(11)23-15)7-20-13-8-21-22(9-13)10-16(17,18)19/h3-5,8-9,20H,6-7,10H2,1-2H3. The Morgan fingerprint density at radius 1 is 1.35 bits per heavy atom. The van der Waals surface area contributed by atoms with Gasteiger partial charge in [-0.1, -0.05) is 18.2 Å². The number of nitrogens with zero attached hydrogens (tertiary/aromatic N) is 2. The summed E-state index contributed by atoms with van der Waals surface area (Å²) in [5, 5.41) is 6.81. The molecule has 0 atom stereocenters. The molecule has 0 unspecified atom stereocenters. The van der Waals surface area contributed by atoms with E-state index in [4.69, 9.17) is 4.74 Å². The van der Waals surface area contributed by atoms with Crippen LogP contribution in [0.2, 0.25) is 0 Å². The summed E-state index contributed by atoms with van der Waals surface area (Å²) in [4.78, 5) is 0. The minimum Gasteiger partial charge on any atom is -0.487 e. The minimum absolute atomic E-state index is 0.226. The summed E-state index contributed by atoms with van der Waals surface area (Å²) in [7, 11) is 0. The van der Waals surface area contributed by atoms with Gasteiger partial charge < -0.3 is 10.1 Å². The van der Waals surface area contributed by atoms with Crippen LogP contribution in [0.15, 0.2) is 30.6 Å². The summed E-state index contributed by atoms with van der Waals surface area (Å²) in [6.07, 6.45) is -0.691. The fraction of sp³-hybridized carbons (Fsp3) is 0.438. The van der Waals surface area contributed by atoms with E-state index in [9.17, 15) is 13.2 Å². The molecule has 2 aromatic rings. The van der Waals surface area contributed by atoms with Crippen molar-refractivity contribution in [3.8, 4) is 5.75 Å². The Labute approximate surface area is 132 Å². The molecule has 0 saturated carbocycles. The molecule has 0 bridgehead atoms. The molecule has 1 aromatic heterocycles. The molecule has 124 valence electrons. The molecule has 2 heterocycles. The Hall–Kier alpha value is -2.18. The van der Waals surface area contributed by atoms with Crippen molar-refractivity contribution in [2.45, 2.75) is 45.1 Å². The van der Waals surface area contributed by atoms with Crippen molar-refractivity contribution in [1.82, 2.24) is 9.78 Å². The summed E-state index contributed by atoms with van der Waals surface area (Å²) in [6.45, 7) is 3.44. The van der Waals surface area contributed by atoms with Gasteiger partial charge in [-0.15, -0.1) is 0 Å². The van der Waals surface area contributed by atoms with E-state index < -0.39 is 12.7 Å². The molecule has 4 nitrogen and oxygen atoms in total. The molecular weight excluding hydrogens is 307 g/mol. The maximum Gasteiger partial charge on any atom is 0.408 e. The summed E-state index contributed by atoms with van der Waals surface area (Å²) in [6, 6.07) is 5.95. The predicted octanol–water partition coefficient (Wildman–Crippen LogP) is 3.77. The van der Waals surface area contributed by atoms with Gasteiger partial charge in [-0.05, 0) is 19.4 Å². The van der Waals surface area contributed by atoms with Crippen molar-refractivity contribution in [3.05, 3.63) is 41.7 Å². The number of alkyl halides is 3. The first-order valence-corrected chi connectivity index (χ1v) is 7.35. The number of rotatable bonds is 4. The highest BCUT2D eigenvalue weighted by atomic mass is 19.4. The van der Waals surface area contributed by atoms with Crippen molar-refractivity contribution in [2.24, 2.45) is 0 Å². The fourth-order valence-corrected chi connectivity index (χ4v) is 2.74. The molecule has 0 aliphatic carbocycles. The van der Waals surface area contributed by atoms with Gasteiger partial charge in [0.1, 0.15) is 17.9 Å². The van der Waals surface area contributed by atoms with E-state index in [-0.39, 0.29) is 5.60 Å². The minimum atomic E-state index is -4.27. The van der Waals surface area contributed by atoms with Crippen LogP contribution in [0.1, 0.15) is 25.0 Å². The number of anilines is 1. The van der Waals surface area contributed by atoms with Gasteiger partial charge in [-0.2, -0.15) is 18.3 Å². The number of para-hydroxylation sites is 1. The smallest absolute Gasteiger partial charge is 0.408 e. The van der Waals surface area contributed by atoms with Crippen molar-refractivity contribution in [1.29, 1.82) is 0 Å². The Morgan fingerprint density at radius 2 is 2.13 bits per heavy atom. The largest absolute Gasteiger partial charge is 0.487 e. The average molecular weight is 325 g/mol. The molecule has 23 heavy (non-hydrogen) atoms. The second-order valence-corrected chi connectivity index (χ2v) is 6.34. The Kier molecular flexibility index (Phi) is 3.74. The lowest BCUT2D eigenvalue weighted by Gasteiger charge is -2.18. The molecule has 0 radical (unpaired) electrons. The normalized spacial score (nSPS) is 16.0. The van der Waals surface area contributed by atoms with Gasteiger partial charge in [0.25, 0.3) is 0 Å². The van der Waals surface area contributed by atoms with Crippen molar-refractivity contribution in [2.75, 3.05) is 5.32 Å². The Bertz CT molecular complexity index is 707. The number of hydrogen-bond acceptors (Lipinski definition) is 3. The third kappa shape index (κ3) is 3.78. The number of aromatic nitrogens is 2. The summed E-state index contributed by atoms with van der Waals surface area (Å²) < 4.78 is 43.8. The van der Waals surface area contributed by atoms with Gasteiger partial charge >= 0.3 is 6.18 Å². The Morgan fingerprint density at radius 3 is 2.87 bits per heavy atom. The molecule has 0 spiro atoms. The summed E-state index contributed by atoms with van der Waals surface area (Å²) in [5.74, 6) is 0.868. The highest BCUT2D eigenvalue weighted by Gasteiger charge is 2.31. The highest BCUT2D eigenvalue weighted by molar-refractivity contribution is 5.48. The third-order valence-corrected chi connectivity index (χ3v) is 3.63. The molecule has 1 aromatic carbocycles. The van der Waals surface area contributed by atoms with Gasteiger partial charge in [-0.3, -0.25) is 4.68 Å². The number of ether oxygens (including phenoxy) is 1. The van der Waals surface area contributed by atoms with Crippen molar-refractivity contribution in [3.63, 3.8) is 0 Å². The topological polar surface area (TPSA) is 39.1 Å². The highest BCUT2D eigenvalue weighted by Crippen LogP contribution is 2.37. The monoisotopic (exact) mass is 325 g/mol. The summed E-state index contributed by atoms with van der Waals surface area (Å²) in [5.41, 5.74) is 2.46. The number of halogens is 3. The fourth-order valence-electron chi connectivity index (χ4n) is 2.74. The number of fused-ring (bicyclic) bond motifs is 1. The first-order chi connectivity index (χ1) is 10.7. The van der Waals surface area contributed by atoms with Crippen LogP contribution in [0.3, 0.4) is 0 Å². The Balaban J connectivity index is 1.68. The van der Waals surface area contributed by atoms with E-state index in [1.165, 1.54) is 12.4 Å². The van der Waals surface area contributed by atoms with Gasteiger partial charge in [0.2, 0.25) is 0 Å². The molecule has 1 N–H and O–H groups in total. The van der Waals surface area contributed by atoms with Crippen LogP contribution in [0.4, 0.5) is 18.9 Å². The zero-order valence-electron chi connectivity index (χ0n) is 12.9. The van der Waals surface area contributed by atoms with Crippen LogP contribution in [-0.4, -0.2) is 21.6 Å². The lowest BCUT2D eigenvalue weighted by molar-refractivity contribution is -0.142. The second kappa shape index (κ2) is 5.47. The van der Waals surface area contributed by atoms with Gasteiger partial charge in [0.05, 0.1) is 11.9 Å². The first-order valence-electron chi connectivity index (χ1n) is 7.35. The first kappa shape index (κ1) is 15.7. The number of hydrogen-bond donors (Lipinski definition) is 1. The molecule has 0 saturated heterocycles. The second-order valence-electron chi connectivity index (χ2n) is 6.34. The van der Waals surface area contributed by atoms with Crippen LogP contribution >= 0.6 is 0 Å². The average Bonchev–Trinajstić information content (AvgIpc) is 2.96. The lowest BCUT2D eigenvalue weighted by Crippen LogP contribution is -2.25. The molecule has 0 fully saturated rings. The van der Waals surface area contributed by atoms with Crippen LogP contribution in [-0.2, 0) is 19.5 Å². The van der Waals surface area contributed by atoms with Gasteiger partial charge in [-0.25, -0.2) is 0 Å². The molecule has 7 heteroatoms. The maximum absolute atomic E-state index is 12.3. The molecular formula is C16H18F3N3O. The van der Waals surface area contributed by atoms with E-state index in [0.717, 1.165) is 28.0 Å². The SMILES string of the molecule is CC1(C)Cc2cccc(CNc3cnn(CC(F)(F)F)c3)c2O1. The van der Waals surface area contributed by atoms with E-state index in [0.29, 0.717) is 12.2 Å². The zero-order valence-corrected chi connectivity index (χ0v) is 12.9.